The molecular formula is C12H20NS+. The molecule has 1 nitrogen and oxygen atoms in total. The van der Waals surface area contributed by atoms with Crippen LogP contribution in [0, 0.1) is 0 Å². The molecule has 0 aromatic carbocycles. The number of hydrogen-bond acceptors (Lipinski definition) is 1. The van der Waals surface area contributed by atoms with Crippen LogP contribution in [0.25, 0.3) is 0 Å². The maximum absolute atomic E-state index is 2.26. The molecule has 0 fully saturated rings. The van der Waals surface area contributed by atoms with Gasteiger partial charge in [-0.25, -0.2) is 0 Å². The lowest BCUT2D eigenvalue weighted by Crippen LogP contribution is -2.30. The molecule has 1 rings (SSSR count). The zero-order valence-electron chi connectivity index (χ0n) is 8.98. The first-order valence-corrected chi connectivity index (χ1v) is 6.61. The van der Waals surface area contributed by atoms with Crippen LogP contribution in [0.3, 0.4) is 0 Å². The maximum Gasteiger partial charge on any atom is 0.194 e. The van der Waals surface area contributed by atoms with Gasteiger partial charge in [0.2, 0.25) is 0 Å². The molecule has 0 aliphatic rings. The van der Waals surface area contributed by atoms with Crippen molar-refractivity contribution in [2.45, 2.75) is 38.5 Å². The molecule has 0 aliphatic heterocycles. The van der Waals surface area contributed by atoms with Gasteiger partial charge in [-0.1, -0.05) is 44.0 Å². The first-order valence-electron chi connectivity index (χ1n) is 5.45. The summed E-state index contributed by atoms with van der Waals surface area (Å²) in [6.07, 6.45) is 9.73. The van der Waals surface area contributed by atoms with Crippen LogP contribution >= 0.6 is 11.8 Å². The normalized spacial score (nSPS) is 10.4. The van der Waals surface area contributed by atoms with E-state index < -0.39 is 0 Å². The van der Waals surface area contributed by atoms with Gasteiger partial charge in [-0.15, -0.1) is 0 Å². The fraction of sp³-hybridized carbons (Fsp3) is 0.583. The lowest BCUT2D eigenvalue weighted by Gasteiger charge is -1.98. The second-order valence-corrected chi connectivity index (χ2v) is 4.56. The Balaban J connectivity index is 1.99. The summed E-state index contributed by atoms with van der Waals surface area (Å²) in [5.74, 6) is 2.38. The highest BCUT2D eigenvalue weighted by Crippen LogP contribution is 2.06. The molecule has 0 radical (unpaired) electrons. The van der Waals surface area contributed by atoms with Gasteiger partial charge in [0.15, 0.2) is 18.3 Å². The standard InChI is InChI=1S/C12H20NS/c1-2-3-4-8-11-14-12-13-9-6-5-7-10-13/h5-7,9-10H,2-4,8,11-12H2,1H3/q+1. The number of aromatic nitrogens is 1. The topological polar surface area (TPSA) is 3.88 Å². The van der Waals surface area contributed by atoms with E-state index in [0.717, 1.165) is 5.88 Å². The third kappa shape index (κ3) is 5.28. The van der Waals surface area contributed by atoms with Crippen LogP contribution < -0.4 is 4.57 Å². The summed E-state index contributed by atoms with van der Waals surface area (Å²) in [4.78, 5) is 0. The number of nitrogens with zero attached hydrogens (tertiary/aromatic N) is 1. The molecule has 0 amide bonds. The molecule has 1 aromatic rings. The summed E-state index contributed by atoms with van der Waals surface area (Å²) >= 11 is 2.02. The highest BCUT2D eigenvalue weighted by molar-refractivity contribution is 7.98. The van der Waals surface area contributed by atoms with Crippen molar-refractivity contribution >= 4 is 11.8 Å². The fourth-order valence-electron chi connectivity index (χ4n) is 1.32. The molecule has 78 valence electrons. The van der Waals surface area contributed by atoms with Gasteiger partial charge in [0.25, 0.3) is 0 Å². The lowest BCUT2D eigenvalue weighted by atomic mass is 10.2. The molecule has 1 heterocycles. The molecule has 0 N–H and O–H groups in total. The number of pyridine rings is 1. The number of unbranched alkanes of at least 4 members (excludes halogenated alkanes) is 3. The van der Waals surface area contributed by atoms with E-state index in [1.165, 1.54) is 31.4 Å². The lowest BCUT2D eigenvalue weighted by molar-refractivity contribution is -0.675. The Morgan fingerprint density at radius 1 is 1.00 bits per heavy atom. The predicted octanol–water partition coefficient (Wildman–Crippen LogP) is 3.25. The van der Waals surface area contributed by atoms with Gasteiger partial charge < -0.3 is 0 Å². The maximum atomic E-state index is 2.26. The molecule has 2 heteroatoms. The van der Waals surface area contributed by atoms with Crippen LogP contribution in [-0.4, -0.2) is 5.75 Å². The van der Waals surface area contributed by atoms with Gasteiger partial charge in [-0.2, -0.15) is 4.57 Å². The average Bonchev–Trinajstić information content (AvgIpc) is 2.25. The monoisotopic (exact) mass is 210 g/mol. The van der Waals surface area contributed by atoms with Crippen molar-refractivity contribution in [2.75, 3.05) is 5.75 Å². The molecule has 0 saturated carbocycles. The quantitative estimate of drug-likeness (QED) is 0.493. The van der Waals surface area contributed by atoms with E-state index in [1.54, 1.807) is 0 Å². The number of thioether (sulfide) groups is 1. The van der Waals surface area contributed by atoms with Crippen molar-refractivity contribution in [1.29, 1.82) is 0 Å². The molecule has 0 unspecified atom stereocenters. The van der Waals surface area contributed by atoms with E-state index in [4.69, 9.17) is 0 Å². The smallest absolute Gasteiger partial charge is 0.194 e. The SMILES string of the molecule is CCCCCCSC[n+]1ccccc1. The molecule has 1 aromatic heterocycles. The van der Waals surface area contributed by atoms with Crippen molar-refractivity contribution in [2.24, 2.45) is 0 Å². The largest absolute Gasteiger partial charge is 0.195 e. The van der Waals surface area contributed by atoms with Crippen LogP contribution in [0.5, 0.6) is 0 Å². The highest BCUT2D eigenvalue weighted by atomic mass is 32.2. The zero-order chi connectivity index (χ0) is 10.1. The van der Waals surface area contributed by atoms with E-state index in [-0.39, 0.29) is 0 Å². The molecule has 0 bridgehead atoms. The van der Waals surface area contributed by atoms with E-state index >= 15 is 0 Å². The van der Waals surface area contributed by atoms with Gasteiger partial charge in [0.1, 0.15) is 0 Å². The summed E-state index contributed by atoms with van der Waals surface area (Å²) in [7, 11) is 0. The Bertz CT molecular complexity index is 223. The van der Waals surface area contributed by atoms with Gasteiger partial charge in [0.05, 0.1) is 0 Å². The van der Waals surface area contributed by atoms with Crippen molar-refractivity contribution in [3.05, 3.63) is 30.6 Å². The van der Waals surface area contributed by atoms with E-state index in [2.05, 4.69) is 42.1 Å². The summed E-state index contributed by atoms with van der Waals surface area (Å²) in [5, 5.41) is 0. The summed E-state index contributed by atoms with van der Waals surface area (Å²) in [6, 6.07) is 6.22. The number of hydrogen-bond donors (Lipinski definition) is 0. The third-order valence-corrected chi connectivity index (χ3v) is 3.22. The number of rotatable bonds is 7. The van der Waals surface area contributed by atoms with Crippen molar-refractivity contribution in [3.8, 4) is 0 Å². The Hall–Kier alpha value is -0.500. The van der Waals surface area contributed by atoms with Gasteiger partial charge in [0, 0.05) is 12.1 Å². The molecule has 0 saturated heterocycles. The van der Waals surface area contributed by atoms with Gasteiger partial charge >= 0.3 is 0 Å². The third-order valence-electron chi connectivity index (χ3n) is 2.16. The van der Waals surface area contributed by atoms with Gasteiger partial charge in [-0.3, -0.25) is 0 Å². The minimum absolute atomic E-state index is 1.09. The van der Waals surface area contributed by atoms with Crippen molar-refractivity contribution in [1.82, 2.24) is 0 Å². The average molecular weight is 210 g/mol. The van der Waals surface area contributed by atoms with E-state index in [1.807, 2.05) is 11.8 Å². The van der Waals surface area contributed by atoms with Gasteiger partial charge in [-0.05, 0) is 12.2 Å². The predicted molar refractivity (Wildman–Crippen MR) is 63.2 cm³/mol. The summed E-state index contributed by atoms with van der Waals surface area (Å²) in [6.45, 7) is 2.26. The fourth-order valence-corrected chi connectivity index (χ4v) is 2.24. The van der Waals surface area contributed by atoms with Crippen LogP contribution in [0.15, 0.2) is 30.6 Å². The van der Waals surface area contributed by atoms with Crippen LogP contribution in [-0.2, 0) is 5.88 Å². The Kier molecular flexibility index (Phi) is 6.50. The Labute approximate surface area is 91.5 Å². The molecular weight excluding hydrogens is 190 g/mol. The molecule has 0 atom stereocenters. The van der Waals surface area contributed by atoms with E-state index in [9.17, 15) is 0 Å². The molecule has 14 heavy (non-hydrogen) atoms. The highest BCUT2D eigenvalue weighted by Gasteiger charge is 1.97. The van der Waals surface area contributed by atoms with Crippen LogP contribution in [0.1, 0.15) is 32.6 Å². The van der Waals surface area contributed by atoms with Crippen LogP contribution in [0.2, 0.25) is 0 Å². The van der Waals surface area contributed by atoms with Crippen LogP contribution in [0.4, 0.5) is 0 Å². The molecule has 0 aliphatic carbocycles. The zero-order valence-corrected chi connectivity index (χ0v) is 9.80. The first-order chi connectivity index (χ1) is 6.93. The summed E-state index contributed by atoms with van der Waals surface area (Å²) in [5.41, 5.74) is 0. The Morgan fingerprint density at radius 2 is 1.79 bits per heavy atom. The second kappa shape index (κ2) is 7.86. The minimum Gasteiger partial charge on any atom is -0.195 e. The van der Waals surface area contributed by atoms with E-state index in [0.29, 0.717) is 0 Å². The Morgan fingerprint density at radius 3 is 2.50 bits per heavy atom. The summed E-state index contributed by atoms with van der Waals surface area (Å²) < 4.78 is 2.23. The minimum atomic E-state index is 1.09. The van der Waals surface area contributed by atoms with Crippen molar-refractivity contribution < 1.29 is 4.57 Å². The molecule has 0 spiro atoms. The second-order valence-electron chi connectivity index (χ2n) is 3.49. The first kappa shape index (κ1) is 11.6. The van der Waals surface area contributed by atoms with Crippen molar-refractivity contribution in [3.63, 3.8) is 0 Å².